The Hall–Kier alpha value is -4.56. The third-order valence-electron chi connectivity index (χ3n) is 8.49. The number of hydrogen-bond acceptors (Lipinski definition) is 10. The van der Waals surface area contributed by atoms with Crippen molar-refractivity contribution in [1.82, 2.24) is 29.5 Å². The lowest BCUT2D eigenvalue weighted by molar-refractivity contribution is 0.00566. The number of ether oxygens (including phenoxy) is 3. The second kappa shape index (κ2) is 13.5. The fourth-order valence-electron chi connectivity index (χ4n) is 6.39. The van der Waals surface area contributed by atoms with Gasteiger partial charge in [-0.1, -0.05) is 0 Å². The molecule has 0 radical (unpaired) electrons. The van der Waals surface area contributed by atoms with Crippen LogP contribution < -0.4 is 15.0 Å². The smallest absolute Gasteiger partial charge is 0.410 e. The predicted molar refractivity (Wildman–Crippen MR) is 180 cm³/mol. The fraction of sp³-hybridized carbons (Fsp3) is 0.500. The van der Waals surface area contributed by atoms with Crippen LogP contribution in [0.25, 0.3) is 21.8 Å². The Morgan fingerprint density at radius 1 is 1.08 bits per heavy atom. The SMILES string of the molecule is C[C@@H]1CN(c2ccc(C(=O)Nc3cc(F)c4nn(C)cc4c3)c3nc(OCCN4CCOCC4)ncc23)C[C@H](C)N1C(=O)OC(C)(C)C. The molecular weight excluding hydrogens is 619 g/mol. The molecule has 0 saturated carbocycles. The molecular formula is C34H43FN8O5. The van der Waals surface area contributed by atoms with Gasteiger partial charge in [0.15, 0.2) is 5.82 Å². The molecule has 2 aromatic heterocycles. The number of fused-ring (bicyclic) bond motifs is 2. The molecule has 256 valence electrons. The van der Waals surface area contributed by atoms with Gasteiger partial charge in [-0.05, 0) is 58.9 Å². The van der Waals surface area contributed by atoms with Gasteiger partial charge >= 0.3 is 12.1 Å². The van der Waals surface area contributed by atoms with Crippen molar-refractivity contribution in [2.75, 3.05) is 62.8 Å². The first-order chi connectivity index (χ1) is 22.9. The summed E-state index contributed by atoms with van der Waals surface area (Å²) in [6.45, 7) is 14.7. The van der Waals surface area contributed by atoms with Gasteiger partial charge in [-0.25, -0.2) is 14.2 Å². The Bertz CT molecular complexity index is 1810. The summed E-state index contributed by atoms with van der Waals surface area (Å²) in [5, 5.41) is 8.21. The monoisotopic (exact) mass is 662 g/mol. The Morgan fingerprint density at radius 2 is 1.81 bits per heavy atom. The Balaban J connectivity index is 1.29. The van der Waals surface area contributed by atoms with Crippen LogP contribution in [-0.2, 0) is 16.5 Å². The van der Waals surface area contributed by atoms with Crippen molar-refractivity contribution in [1.29, 1.82) is 0 Å². The molecule has 48 heavy (non-hydrogen) atoms. The van der Waals surface area contributed by atoms with E-state index in [0.29, 0.717) is 61.4 Å². The average molecular weight is 663 g/mol. The van der Waals surface area contributed by atoms with Crippen LogP contribution in [0.1, 0.15) is 45.0 Å². The number of halogens is 1. The number of nitrogens with one attached hydrogen (secondary N) is 1. The van der Waals surface area contributed by atoms with Crippen LogP contribution in [0.3, 0.4) is 0 Å². The molecule has 0 bridgehead atoms. The second-order valence-electron chi connectivity index (χ2n) is 13.5. The Morgan fingerprint density at radius 3 is 2.52 bits per heavy atom. The van der Waals surface area contributed by atoms with Gasteiger partial charge in [0.2, 0.25) is 0 Å². The number of amides is 2. The lowest BCUT2D eigenvalue weighted by atomic mass is 10.0. The first-order valence-electron chi connectivity index (χ1n) is 16.3. The van der Waals surface area contributed by atoms with Gasteiger partial charge in [0.1, 0.15) is 17.7 Å². The summed E-state index contributed by atoms with van der Waals surface area (Å²) in [6.07, 6.45) is 3.02. The van der Waals surface area contributed by atoms with Crippen molar-refractivity contribution >= 4 is 45.2 Å². The summed E-state index contributed by atoms with van der Waals surface area (Å²) in [4.78, 5) is 42.3. The zero-order valence-corrected chi connectivity index (χ0v) is 28.3. The number of nitrogens with zero attached hydrogens (tertiary/aromatic N) is 7. The van der Waals surface area contributed by atoms with Crippen molar-refractivity contribution in [3.8, 4) is 6.01 Å². The topological polar surface area (TPSA) is 127 Å². The van der Waals surface area contributed by atoms with Gasteiger partial charge in [0.25, 0.3) is 5.91 Å². The minimum atomic E-state index is -0.602. The van der Waals surface area contributed by atoms with Crippen LogP contribution in [0.4, 0.5) is 20.6 Å². The largest absolute Gasteiger partial charge is 0.462 e. The predicted octanol–water partition coefficient (Wildman–Crippen LogP) is 4.45. The number of rotatable bonds is 7. The molecule has 2 fully saturated rings. The molecule has 0 unspecified atom stereocenters. The molecule has 4 heterocycles. The highest BCUT2D eigenvalue weighted by molar-refractivity contribution is 6.14. The Labute approximate surface area is 278 Å². The van der Waals surface area contributed by atoms with E-state index in [1.165, 1.54) is 10.7 Å². The van der Waals surface area contributed by atoms with E-state index in [9.17, 15) is 14.0 Å². The first-order valence-corrected chi connectivity index (χ1v) is 16.3. The first kappa shape index (κ1) is 33.3. The normalized spacial score (nSPS) is 19.1. The van der Waals surface area contributed by atoms with Gasteiger partial charge in [0, 0.05) is 74.3 Å². The number of benzene rings is 2. The highest BCUT2D eigenvalue weighted by atomic mass is 19.1. The van der Waals surface area contributed by atoms with Gasteiger partial charge in [-0.3, -0.25) is 19.3 Å². The lowest BCUT2D eigenvalue weighted by Gasteiger charge is -2.45. The fourth-order valence-corrected chi connectivity index (χ4v) is 6.39. The summed E-state index contributed by atoms with van der Waals surface area (Å²) in [5.74, 6) is -0.987. The molecule has 13 nitrogen and oxygen atoms in total. The maximum Gasteiger partial charge on any atom is 0.410 e. The van der Waals surface area contributed by atoms with Crippen molar-refractivity contribution in [3.63, 3.8) is 0 Å². The number of carbonyl (C=O) groups is 2. The minimum Gasteiger partial charge on any atom is -0.462 e. The quantitative estimate of drug-likeness (QED) is 0.303. The number of piperazine rings is 1. The summed E-state index contributed by atoms with van der Waals surface area (Å²) >= 11 is 0. The van der Waals surface area contributed by atoms with Crippen molar-refractivity contribution in [2.45, 2.75) is 52.3 Å². The van der Waals surface area contributed by atoms with E-state index in [4.69, 9.17) is 19.2 Å². The van der Waals surface area contributed by atoms with E-state index in [1.54, 1.807) is 36.5 Å². The average Bonchev–Trinajstić information content (AvgIpc) is 3.40. The maximum absolute atomic E-state index is 14.8. The summed E-state index contributed by atoms with van der Waals surface area (Å²) < 4.78 is 33.5. The van der Waals surface area contributed by atoms with Crippen molar-refractivity contribution in [3.05, 3.63) is 48.0 Å². The molecule has 0 aliphatic carbocycles. The number of morpholine rings is 1. The van der Waals surface area contributed by atoms with E-state index >= 15 is 0 Å². The van der Waals surface area contributed by atoms with Gasteiger partial charge in [-0.2, -0.15) is 10.1 Å². The standard InChI is InChI=1S/C34H43FN8O5/c1-21-18-42(19-22(2)43(21)33(45)48-34(3,4)5)28-8-7-25(31(44)37-24-15-23-20-40(6)39-29(23)27(35)16-24)30-26(28)17-36-32(38-30)47-14-11-41-9-12-46-13-10-41/h7-8,15-17,20-22H,9-14,18-19H2,1-6H3,(H,37,44)/t21-,22+. The third-order valence-corrected chi connectivity index (χ3v) is 8.49. The van der Waals surface area contributed by atoms with E-state index in [0.717, 1.165) is 18.8 Å². The van der Waals surface area contributed by atoms with Crippen LogP contribution in [0, 0.1) is 5.82 Å². The number of carbonyl (C=O) groups excluding carboxylic acids is 2. The molecule has 2 saturated heterocycles. The minimum absolute atomic E-state index is 0.150. The maximum atomic E-state index is 14.8. The highest BCUT2D eigenvalue weighted by Crippen LogP contribution is 2.33. The van der Waals surface area contributed by atoms with Gasteiger partial charge in [-0.15, -0.1) is 0 Å². The van der Waals surface area contributed by atoms with Crippen LogP contribution in [-0.4, -0.2) is 112 Å². The van der Waals surface area contributed by atoms with Crippen LogP contribution in [0.15, 0.2) is 36.7 Å². The zero-order valence-electron chi connectivity index (χ0n) is 28.3. The van der Waals surface area contributed by atoms with E-state index in [-0.39, 0.29) is 35.3 Å². The second-order valence-corrected chi connectivity index (χ2v) is 13.5. The number of anilines is 2. The van der Waals surface area contributed by atoms with Crippen molar-refractivity contribution < 1.29 is 28.2 Å². The molecule has 0 spiro atoms. The molecule has 2 aromatic carbocycles. The zero-order chi connectivity index (χ0) is 34.2. The molecule has 4 aromatic rings. The van der Waals surface area contributed by atoms with E-state index in [2.05, 4.69) is 25.2 Å². The van der Waals surface area contributed by atoms with Crippen LogP contribution in [0.5, 0.6) is 6.01 Å². The highest BCUT2D eigenvalue weighted by Gasteiger charge is 2.36. The summed E-state index contributed by atoms with van der Waals surface area (Å²) in [5.41, 5.74) is 1.44. The molecule has 14 heteroatoms. The Kier molecular flexibility index (Phi) is 9.39. The van der Waals surface area contributed by atoms with Gasteiger partial charge in [0.05, 0.1) is 36.4 Å². The lowest BCUT2D eigenvalue weighted by Crippen LogP contribution is -2.59. The molecule has 6 rings (SSSR count). The molecule has 2 amide bonds. The molecule has 1 N–H and O–H groups in total. The van der Waals surface area contributed by atoms with Gasteiger partial charge < -0.3 is 24.4 Å². The summed E-state index contributed by atoms with van der Waals surface area (Å²) in [6, 6.07) is 6.37. The van der Waals surface area contributed by atoms with Crippen LogP contribution in [0.2, 0.25) is 0 Å². The number of aryl methyl sites for hydroxylation is 1. The summed E-state index contributed by atoms with van der Waals surface area (Å²) in [7, 11) is 1.71. The molecule has 2 atom stereocenters. The molecule has 2 aliphatic heterocycles. The van der Waals surface area contributed by atoms with Crippen molar-refractivity contribution in [2.24, 2.45) is 7.05 Å². The number of hydrogen-bond donors (Lipinski definition) is 1. The number of aromatic nitrogens is 4. The van der Waals surface area contributed by atoms with Crippen LogP contribution >= 0.6 is 0 Å². The van der Waals surface area contributed by atoms with E-state index in [1.807, 2.05) is 40.7 Å². The third kappa shape index (κ3) is 7.29. The van der Waals surface area contributed by atoms with E-state index < -0.39 is 17.3 Å². The molecule has 2 aliphatic rings.